The van der Waals surface area contributed by atoms with E-state index in [1.807, 2.05) is 24.3 Å². The molecule has 1 aliphatic rings. The molecule has 0 radical (unpaired) electrons. The zero-order valence-corrected chi connectivity index (χ0v) is 10.5. The quantitative estimate of drug-likeness (QED) is 0.864. The maximum atomic E-state index is 11.9. The van der Waals surface area contributed by atoms with E-state index < -0.39 is 0 Å². The van der Waals surface area contributed by atoms with E-state index >= 15 is 0 Å². The van der Waals surface area contributed by atoms with Crippen molar-refractivity contribution < 1.29 is 4.79 Å². The largest absolute Gasteiger partial charge is 0.373 e. The van der Waals surface area contributed by atoms with Crippen LogP contribution in [0.15, 0.2) is 33.7 Å². The molecule has 0 spiro atoms. The molecule has 1 aliphatic heterocycles. The van der Waals surface area contributed by atoms with Crippen molar-refractivity contribution in [2.75, 3.05) is 13.1 Å². The summed E-state index contributed by atoms with van der Waals surface area (Å²) in [7, 11) is 0. The number of nitrogens with one attached hydrogen (secondary N) is 1. The number of nitrogens with zero attached hydrogens (tertiary/aromatic N) is 1. The van der Waals surface area contributed by atoms with Crippen LogP contribution in [0.25, 0.3) is 0 Å². The molecule has 3 nitrogen and oxygen atoms in total. The number of benzene rings is 1. The molecule has 0 saturated carbocycles. The van der Waals surface area contributed by atoms with Gasteiger partial charge in [-0.3, -0.25) is 9.79 Å². The first-order chi connectivity index (χ1) is 7.75. The van der Waals surface area contributed by atoms with Gasteiger partial charge in [0.2, 0.25) is 0 Å². The van der Waals surface area contributed by atoms with Gasteiger partial charge in [-0.25, -0.2) is 0 Å². The molecule has 0 aromatic heterocycles. The van der Waals surface area contributed by atoms with Crippen molar-refractivity contribution in [1.82, 2.24) is 5.32 Å². The van der Waals surface area contributed by atoms with E-state index in [4.69, 9.17) is 0 Å². The lowest BCUT2D eigenvalue weighted by molar-refractivity contribution is 0.0999. The van der Waals surface area contributed by atoms with E-state index in [2.05, 4.69) is 26.2 Å². The van der Waals surface area contributed by atoms with Gasteiger partial charge < -0.3 is 5.32 Å². The highest BCUT2D eigenvalue weighted by molar-refractivity contribution is 9.10. The molecular weight excluding hydrogens is 268 g/mol. The van der Waals surface area contributed by atoms with E-state index in [9.17, 15) is 4.79 Å². The van der Waals surface area contributed by atoms with Gasteiger partial charge in [-0.1, -0.05) is 28.1 Å². The van der Waals surface area contributed by atoms with E-state index in [1.165, 1.54) is 0 Å². The fraction of sp³-hybridized carbons (Fsp3) is 0.333. The van der Waals surface area contributed by atoms with Crippen LogP contribution in [0.5, 0.6) is 0 Å². The fourth-order valence-corrected chi connectivity index (χ4v) is 1.85. The van der Waals surface area contributed by atoms with Gasteiger partial charge in [-0.2, -0.15) is 0 Å². The van der Waals surface area contributed by atoms with Crippen molar-refractivity contribution >= 4 is 27.5 Å². The summed E-state index contributed by atoms with van der Waals surface area (Å²) in [6.45, 7) is 1.75. The van der Waals surface area contributed by atoms with Crippen LogP contribution in [0.4, 0.5) is 0 Å². The van der Waals surface area contributed by atoms with Crippen LogP contribution in [0.1, 0.15) is 23.2 Å². The van der Waals surface area contributed by atoms with E-state index in [0.717, 1.165) is 35.4 Å². The minimum Gasteiger partial charge on any atom is -0.373 e. The normalized spacial score (nSPS) is 15.2. The average molecular weight is 281 g/mol. The van der Waals surface area contributed by atoms with Crippen molar-refractivity contribution in [2.24, 2.45) is 4.99 Å². The summed E-state index contributed by atoms with van der Waals surface area (Å²) < 4.78 is 0.984. The molecule has 0 bridgehead atoms. The number of amidine groups is 1. The Morgan fingerprint density at radius 3 is 2.75 bits per heavy atom. The molecule has 0 amide bonds. The molecule has 1 heterocycles. The second kappa shape index (κ2) is 5.25. The van der Waals surface area contributed by atoms with Gasteiger partial charge in [0.15, 0.2) is 5.78 Å². The van der Waals surface area contributed by atoms with Crippen molar-refractivity contribution in [3.05, 3.63) is 34.3 Å². The lowest BCUT2D eigenvalue weighted by Crippen LogP contribution is -2.31. The second-order valence-corrected chi connectivity index (χ2v) is 4.63. The molecule has 0 fully saturated rings. The first-order valence-electron chi connectivity index (χ1n) is 5.31. The highest BCUT2D eigenvalue weighted by Crippen LogP contribution is 2.12. The number of carbonyl (C=O) groups excluding carboxylic acids is 1. The smallest absolute Gasteiger partial charge is 0.170 e. The molecule has 0 atom stereocenters. The van der Waals surface area contributed by atoms with Crippen molar-refractivity contribution in [2.45, 2.75) is 12.8 Å². The number of Topliss-reactive ketones (excluding diaryl/α,β-unsaturated/α-hetero) is 1. The summed E-state index contributed by atoms with van der Waals surface area (Å²) >= 11 is 3.35. The van der Waals surface area contributed by atoms with Gasteiger partial charge >= 0.3 is 0 Å². The third-order valence-electron chi connectivity index (χ3n) is 2.46. The van der Waals surface area contributed by atoms with Gasteiger partial charge in [0.05, 0.1) is 6.42 Å². The monoisotopic (exact) mass is 280 g/mol. The molecular formula is C12H13BrN2O. The van der Waals surface area contributed by atoms with Crippen molar-refractivity contribution in [3.63, 3.8) is 0 Å². The first kappa shape index (κ1) is 11.3. The van der Waals surface area contributed by atoms with E-state index in [-0.39, 0.29) is 5.78 Å². The number of rotatable bonds is 3. The van der Waals surface area contributed by atoms with Gasteiger partial charge in [0.1, 0.15) is 5.84 Å². The summed E-state index contributed by atoms with van der Waals surface area (Å²) in [5.41, 5.74) is 0.735. The Bertz CT molecular complexity index is 412. The SMILES string of the molecule is O=C(CC1=NCCCN1)c1ccc(Br)cc1. The molecule has 84 valence electrons. The third kappa shape index (κ3) is 2.92. The van der Waals surface area contributed by atoms with E-state index in [0.29, 0.717) is 6.42 Å². The van der Waals surface area contributed by atoms with Crippen LogP contribution in [-0.2, 0) is 0 Å². The van der Waals surface area contributed by atoms with Crippen LogP contribution >= 0.6 is 15.9 Å². The molecule has 0 saturated heterocycles. The standard InChI is InChI=1S/C12H13BrN2O/c13-10-4-2-9(3-5-10)11(16)8-12-14-6-1-7-15-12/h2-5H,1,6-8H2,(H,14,15). The first-order valence-corrected chi connectivity index (χ1v) is 6.11. The van der Waals surface area contributed by atoms with Gasteiger partial charge in [0, 0.05) is 23.1 Å². The number of ketones is 1. The van der Waals surface area contributed by atoms with Gasteiger partial charge in [-0.15, -0.1) is 0 Å². The molecule has 1 aromatic carbocycles. The maximum absolute atomic E-state index is 11.9. The van der Waals surface area contributed by atoms with Crippen molar-refractivity contribution in [3.8, 4) is 0 Å². The second-order valence-electron chi connectivity index (χ2n) is 3.72. The lowest BCUT2D eigenvalue weighted by atomic mass is 10.1. The van der Waals surface area contributed by atoms with Gasteiger partial charge in [-0.05, 0) is 18.6 Å². The Morgan fingerprint density at radius 2 is 2.12 bits per heavy atom. The van der Waals surface area contributed by atoms with Gasteiger partial charge in [0.25, 0.3) is 0 Å². The zero-order valence-electron chi connectivity index (χ0n) is 8.87. The lowest BCUT2D eigenvalue weighted by Gasteiger charge is -2.13. The summed E-state index contributed by atoms with van der Waals surface area (Å²) in [5.74, 6) is 0.930. The number of halogens is 1. The Morgan fingerprint density at radius 1 is 1.38 bits per heavy atom. The summed E-state index contributed by atoms with van der Waals surface area (Å²) in [4.78, 5) is 16.2. The number of aliphatic imine (C=N–C) groups is 1. The Balaban J connectivity index is 2.02. The molecule has 1 N–H and O–H groups in total. The maximum Gasteiger partial charge on any atom is 0.170 e. The van der Waals surface area contributed by atoms with Crippen molar-refractivity contribution in [1.29, 1.82) is 0 Å². The number of carbonyl (C=O) groups is 1. The predicted octanol–water partition coefficient (Wildman–Crippen LogP) is 2.41. The van der Waals surface area contributed by atoms with Crippen LogP contribution in [0.3, 0.4) is 0 Å². The summed E-state index contributed by atoms with van der Waals surface area (Å²) in [5, 5.41) is 3.15. The topological polar surface area (TPSA) is 41.5 Å². The molecule has 16 heavy (non-hydrogen) atoms. The van der Waals surface area contributed by atoms with E-state index in [1.54, 1.807) is 0 Å². The Kier molecular flexibility index (Phi) is 3.72. The fourth-order valence-electron chi connectivity index (χ4n) is 1.59. The number of hydrogen-bond donors (Lipinski definition) is 1. The minimum atomic E-state index is 0.112. The summed E-state index contributed by atoms with van der Waals surface area (Å²) in [6.07, 6.45) is 1.43. The Hall–Kier alpha value is -1.16. The predicted molar refractivity (Wildman–Crippen MR) is 68.0 cm³/mol. The average Bonchev–Trinajstić information content (AvgIpc) is 2.31. The van der Waals surface area contributed by atoms with Crippen LogP contribution in [0, 0.1) is 0 Å². The number of hydrogen-bond acceptors (Lipinski definition) is 3. The highest BCUT2D eigenvalue weighted by Gasteiger charge is 2.11. The molecule has 4 heteroatoms. The van der Waals surface area contributed by atoms with Crippen LogP contribution in [0.2, 0.25) is 0 Å². The zero-order chi connectivity index (χ0) is 11.4. The minimum absolute atomic E-state index is 0.112. The molecule has 1 aromatic rings. The molecule has 2 rings (SSSR count). The highest BCUT2D eigenvalue weighted by atomic mass is 79.9. The summed E-state index contributed by atoms with van der Waals surface area (Å²) in [6, 6.07) is 7.41. The molecule has 0 unspecified atom stereocenters. The Labute approximate surface area is 103 Å². The van der Waals surface area contributed by atoms with Crippen LogP contribution < -0.4 is 5.32 Å². The third-order valence-corrected chi connectivity index (χ3v) is 2.99. The molecule has 0 aliphatic carbocycles. The van der Waals surface area contributed by atoms with Crippen LogP contribution in [-0.4, -0.2) is 24.7 Å².